The predicted octanol–water partition coefficient (Wildman–Crippen LogP) is 3.24. The van der Waals surface area contributed by atoms with E-state index in [1.807, 2.05) is 30.3 Å². The van der Waals surface area contributed by atoms with Crippen molar-refractivity contribution in [3.63, 3.8) is 0 Å². The van der Waals surface area contributed by atoms with Crippen LogP contribution >= 0.6 is 11.8 Å². The van der Waals surface area contributed by atoms with Crippen molar-refractivity contribution in [2.75, 3.05) is 19.0 Å². The monoisotopic (exact) mass is 386 g/mol. The van der Waals surface area contributed by atoms with E-state index in [4.69, 9.17) is 9.47 Å². The third-order valence-corrected chi connectivity index (χ3v) is 4.91. The second kappa shape index (κ2) is 9.83. The summed E-state index contributed by atoms with van der Waals surface area (Å²) in [5, 5.41) is 13.5. The van der Waals surface area contributed by atoms with Crippen LogP contribution in [0.1, 0.15) is 32.3 Å². The Labute approximate surface area is 163 Å². The molecule has 7 heteroatoms. The molecule has 0 aliphatic carbocycles. The van der Waals surface area contributed by atoms with Crippen molar-refractivity contribution in [2.45, 2.75) is 26.7 Å². The number of ether oxygens (including phenoxy) is 2. The molecule has 0 radical (unpaired) electrons. The first-order valence-electron chi connectivity index (χ1n) is 8.65. The number of esters is 2. The number of carbonyl (C=O) groups is 2. The van der Waals surface area contributed by atoms with E-state index in [0.717, 1.165) is 5.56 Å². The van der Waals surface area contributed by atoms with Crippen LogP contribution in [0.4, 0.5) is 0 Å². The van der Waals surface area contributed by atoms with E-state index in [9.17, 15) is 14.9 Å². The van der Waals surface area contributed by atoms with Crippen molar-refractivity contribution in [3.8, 4) is 6.07 Å². The molecule has 0 fully saturated rings. The summed E-state index contributed by atoms with van der Waals surface area (Å²) in [5.41, 5.74) is 2.20. The Morgan fingerprint density at radius 2 is 1.85 bits per heavy atom. The zero-order valence-corrected chi connectivity index (χ0v) is 16.4. The molecule has 0 saturated heterocycles. The maximum absolute atomic E-state index is 12.6. The van der Waals surface area contributed by atoms with Gasteiger partial charge >= 0.3 is 11.9 Å². The number of rotatable bonds is 7. The van der Waals surface area contributed by atoms with Gasteiger partial charge in [0.25, 0.3) is 0 Å². The Bertz CT molecular complexity index is 809. The summed E-state index contributed by atoms with van der Waals surface area (Å²) >= 11 is 1.19. The van der Waals surface area contributed by atoms with Gasteiger partial charge in [-0.2, -0.15) is 5.26 Å². The molecule has 0 bridgehead atoms. The number of thioether (sulfide) groups is 1. The average Bonchev–Trinajstić information content (AvgIpc) is 2.66. The van der Waals surface area contributed by atoms with Gasteiger partial charge in [0.2, 0.25) is 0 Å². The maximum Gasteiger partial charge on any atom is 0.336 e. The van der Waals surface area contributed by atoms with Crippen LogP contribution in [0, 0.1) is 11.3 Å². The predicted molar refractivity (Wildman–Crippen MR) is 103 cm³/mol. The molecule has 1 unspecified atom stereocenters. The van der Waals surface area contributed by atoms with E-state index in [1.165, 1.54) is 11.8 Å². The van der Waals surface area contributed by atoms with Gasteiger partial charge in [-0.15, -0.1) is 0 Å². The van der Waals surface area contributed by atoms with E-state index in [0.29, 0.717) is 28.5 Å². The molecule has 0 saturated carbocycles. The molecule has 27 heavy (non-hydrogen) atoms. The van der Waals surface area contributed by atoms with Crippen molar-refractivity contribution < 1.29 is 19.1 Å². The minimum Gasteiger partial charge on any atom is -0.465 e. The number of nitrogens with one attached hydrogen (secondary N) is 1. The summed E-state index contributed by atoms with van der Waals surface area (Å²) in [6.07, 6.45) is 0. The molecule has 1 aromatic carbocycles. The molecule has 1 aliphatic heterocycles. The lowest BCUT2D eigenvalue weighted by atomic mass is 9.82. The first-order valence-corrected chi connectivity index (χ1v) is 9.64. The van der Waals surface area contributed by atoms with Crippen LogP contribution in [-0.2, 0) is 19.1 Å². The highest BCUT2D eigenvalue weighted by Crippen LogP contribution is 2.40. The normalized spacial score (nSPS) is 16.4. The molecule has 6 nitrogen and oxygen atoms in total. The van der Waals surface area contributed by atoms with Crippen LogP contribution in [0.15, 0.2) is 52.2 Å². The summed E-state index contributed by atoms with van der Waals surface area (Å²) in [6.45, 7) is 5.79. The fourth-order valence-electron chi connectivity index (χ4n) is 2.82. The SMILES string of the molecule is CCOC(=O)CSC1=C(C#N)C(c2ccccc2)C(C(=O)OCC)=C(C)N1. The van der Waals surface area contributed by atoms with Crippen LogP contribution in [0.3, 0.4) is 0 Å². The Morgan fingerprint density at radius 3 is 2.44 bits per heavy atom. The quantitative estimate of drug-likeness (QED) is 0.720. The summed E-state index contributed by atoms with van der Waals surface area (Å²) in [4.78, 5) is 24.3. The highest BCUT2D eigenvalue weighted by molar-refractivity contribution is 8.03. The number of hydrogen-bond acceptors (Lipinski definition) is 7. The van der Waals surface area contributed by atoms with Gasteiger partial charge in [-0.25, -0.2) is 4.79 Å². The Kier molecular flexibility index (Phi) is 7.50. The Morgan fingerprint density at radius 1 is 1.19 bits per heavy atom. The van der Waals surface area contributed by atoms with E-state index in [1.54, 1.807) is 20.8 Å². The second-order valence-electron chi connectivity index (χ2n) is 5.68. The molecule has 1 aliphatic rings. The van der Waals surface area contributed by atoms with Crippen LogP contribution in [-0.4, -0.2) is 30.9 Å². The molecule has 1 N–H and O–H groups in total. The number of nitrogens with zero attached hydrogens (tertiary/aromatic N) is 1. The van der Waals surface area contributed by atoms with Crippen molar-refractivity contribution in [3.05, 3.63) is 57.8 Å². The van der Waals surface area contributed by atoms with Gasteiger partial charge in [0.1, 0.15) is 0 Å². The molecule has 0 amide bonds. The van der Waals surface area contributed by atoms with Crippen molar-refractivity contribution in [2.24, 2.45) is 0 Å². The number of benzene rings is 1. The lowest BCUT2D eigenvalue weighted by Crippen LogP contribution is -2.29. The molecule has 0 aromatic heterocycles. The van der Waals surface area contributed by atoms with Gasteiger partial charge in [-0.3, -0.25) is 4.79 Å². The Balaban J connectivity index is 2.46. The largest absolute Gasteiger partial charge is 0.465 e. The summed E-state index contributed by atoms with van der Waals surface area (Å²) in [5.74, 6) is -1.30. The molecule has 1 aromatic rings. The van der Waals surface area contributed by atoms with Crippen LogP contribution in [0.5, 0.6) is 0 Å². The van der Waals surface area contributed by atoms with E-state index < -0.39 is 11.9 Å². The molecule has 1 heterocycles. The zero-order chi connectivity index (χ0) is 19.8. The highest BCUT2D eigenvalue weighted by atomic mass is 32.2. The number of nitriles is 1. The molecule has 0 spiro atoms. The van der Waals surface area contributed by atoms with Gasteiger partial charge < -0.3 is 14.8 Å². The summed E-state index contributed by atoms with van der Waals surface area (Å²) in [6, 6.07) is 11.5. The van der Waals surface area contributed by atoms with Crippen molar-refractivity contribution in [1.82, 2.24) is 5.32 Å². The zero-order valence-electron chi connectivity index (χ0n) is 15.6. The number of hydrogen-bond donors (Lipinski definition) is 1. The van der Waals surface area contributed by atoms with Crippen LogP contribution in [0.2, 0.25) is 0 Å². The fraction of sp³-hybridized carbons (Fsp3) is 0.350. The molecule has 142 valence electrons. The molecule has 1 atom stereocenters. The Hall–Kier alpha value is -2.72. The van der Waals surface area contributed by atoms with E-state index >= 15 is 0 Å². The maximum atomic E-state index is 12.6. The molecule has 2 rings (SSSR count). The van der Waals surface area contributed by atoms with Crippen LogP contribution < -0.4 is 5.32 Å². The third-order valence-electron chi connectivity index (χ3n) is 3.92. The lowest BCUT2D eigenvalue weighted by Gasteiger charge is -2.29. The number of allylic oxidation sites excluding steroid dienone is 2. The lowest BCUT2D eigenvalue weighted by molar-refractivity contribution is -0.140. The summed E-state index contributed by atoms with van der Waals surface area (Å²) in [7, 11) is 0. The van der Waals surface area contributed by atoms with Gasteiger partial charge in [0, 0.05) is 5.70 Å². The smallest absolute Gasteiger partial charge is 0.336 e. The van der Waals surface area contributed by atoms with Gasteiger partial charge in [-0.1, -0.05) is 42.1 Å². The minimum atomic E-state index is -0.554. The first-order chi connectivity index (χ1) is 13.0. The molecular formula is C20H22N2O4S. The van der Waals surface area contributed by atoms with Gasteiger partial charge in [0.15, 0.2) is 0 Å². The van der Waals surface area contributed by atoms with Crippen molar-refractivity contribution in [1.29, 1.82) is 5.26 Å². The topological polar surface area (TPSA) is 88.4 Å². The highest BCUT2D eigenvalue weighted by Gasteiger charge is 2.35. The number of dihydropyridines is 1. The number of carbonyl (C=O) groups excluding carboxylic acids is 2. The summed E-state index contributed by atoms with van der Waals surface area (Å²) < 4.78 is 10.2. The third kappa shape index (κ3) is 4.92. The van der Waals surface area contributed by atoms with Crippen LogP contribution in [0.25, 0.3) is 0 Å². The fourth-order valence-corrected chi connectivity index (χ4v) is 3.71. The van der Waals surface area contributed by atoms with E-state index in [-0.39, 0.29) is 18.3 Å². The first kappa shape index (κ1) is 20.6. The second-order valence-corrected chi connectivity index (χ2v) is 6.66. The van der Waals surface area contributed by atoms with Gasteiger partial charge in [-0.05, 0) is 26.3 Å². The van der Waals surface area contributed by atoms with E-state index in [2.05, 4.69) is 11.4 Å². The standard InChI is InChI=1S/C20H22N2O4S/c1-4-25-16(23)12-27-19-15(11-21)18(14-9-7-6-8-10-14)17(13(3)22-19)20(24)26-5-2/h6-10,18,22H,4-5,12H2,1-3H3. The van der Waals surface area contributed by atoms with Crippen molar-refractivity contribution >= 4 is 23.7 Å². The van der Waals surface area contributed by atoms with Gasteiger partial charge in [0.05, 0.1) is 47.1 Å². The average molecular weight is 386 g/mol. The minimum absolute atomic E-state index is 0.0743. The molecular weight excluding hydrogens is 364 g/mol.